The normalized spacial score (nSPS) is 18.4. The third kappa shape index (κ3) is 2.92. The van der Waals surface area contributed by atoms with Gasteiger partial charge in [0.2, 0.25) is 0 Å². The Kier molecular flexibility index (Phi) is 4.32. The minimum atomic E-state index is 0.106. The summed E-state index contributed by atoms with van der Waals surface area (Å²) in [7, 11) is 5.81. The molecule has 0 bridgehead atoms. The number of hydrogen-bond donors (Lipinski definition) is 2. The van der Waals surface area contributed by atoms with Crippen LogP contribution in [0.15, 0.2) is 48.0 Å². The van der Waals surface area contributed by atoms with Crippen molar-refractivity contribution in [2.45, 2.75) is 18.9 Å². The molecule has 2 aliphatic rings. The Morgan fingerprint density at radius 3 is 2.54 bits per heavy atom. The number of thiocarbonyl (C=S) groups is 1. The molecule has 0 spiro atoms. The Morgan fingerprint density at radius 2 is 1.85 bits per heavy atom. The maximum atomic E-state index is 5.51. The number of ether oxygens (including phenoxy) is 1. The monoisotopic (exact) mass is 365 g/mol. The molecule has 0 saturated heterocycles. The number of benzene rings is 2. The van der Waals surface area contributed by atoms with E-state index in [0.29, 0.717) is 5.11 Å². The van der Waals surface area contributed by atoms with Crippen LogP contribution in [0.3, 0.4) is 0 Å². The quantitative estimate of drug-likeness (QED) is 0.812. The third-order valence-electron chi connectivity index (χ3n) is 5.18. The highest BCUT2D eigenvalue weighted by Gasteiger charge is 2.31. The number of fused-ring (bicyclic) bond motifs is 2. The Hall–Kier alpha value is -2.53. The first-order valence-electron chi connectivity index (χ1n) is 8.82. The summed E-state index contributed by atoms with van der Waals surface area (Å²) in [6, 6.07) is 15.1. The molecule has 5 heteroatoms. The summed E-state index contributed by atoms with van der Waals surface area (Å²) in [5.41, 5.74) is 7.46. The highest BCUT2D eigenvalue weighted by atomic mass is 32.1. The maximum absolute atomic E-state index is 5.51. The SMILES string of the molecule is COc1ccc2c(c1)C1=C(CC2)[C@@H](c2ccc(N(C)C)cc2)NC(=S)N1. The zero-order valence-electron chi connectivity index (χ0n) is 15.3. The highest BCUT2D eigenvalue weighted by molar-refractivity contribution is 7.80. The average molecular weight is 366 g/mol. The standard InChI is InChI=1S/C21H23N3OS/c1-24(2)15-8-4-14(5-9-15)19-17-11-7-13-6-10-16(25-3)12-18(13)20(17)23-21(26)22-19/h4-6,8-10,12,19H,7,11H2,1-3H3,(H2,22,23,26)/t19-/m1/s1. The Morgan fingerprint density at radius 1 is 1.08 bits per heavy atom. The Bertz CT molecular complexity index is 887. The van der Waals surface area contributed by atoms with Gasteiger partial charge in [-0.2, -0.15) is 0 Å². The van der Waals surface area contributed by atoms with Crippen LogP contribution in [0.1, 0.15) is 29.2 Å². The molecule has 26 heavy (non-hydrogen) atoms. The topological polar surface area (TPSA) is 36.5 Å². The number of nitrogens with zero attached hydrogens (tertiary/aromatic N) is 1. The van der Waals surface area contributed by atoms with E-state index in [1.54, 1.807) is 7.11 Å². The lowest BCUT2D eigenvalue weighted by atomic mass is 9.82. The van der Waals surface area contributed by atoms with Gasteiger partial charge >= 0.3 is 0 Å². The van der Waals surface area contributed by atoms with Crippen LogP contribution in [0, 0.1) is 0 Å². The van der Waals surface area contributed by atoms with Crippen LogP contribution in [0.2, 0.25) is 0 Å². The fourth-order valence-corrected chi connectivity index (χ4v) is 3.97. The second kappa shape index (κ2) is 6.65. The number of rotatable bonds is 3. The van der Waals surface area contributed by atoms with E-state index >= 15 is 0 Å². The predicted octanol–water partition coefficient (Wildman–Crippen LogP) is 3.64. The first-order valence-corrected chi connectivity index (χ1v) is 9.23. The van der Waals surface area contributed by atoms with Gasteiger partial charge in [0, 0.05) is 31.0 Å². The smallest absolute Gasteiger partial charge is 0.171 e. The van der Waals surface area contributed by atoms with Crippen molar-refractivity contribution in [2.24, 2.45) is 0 Å². The number of methoxy groups -OCH3 is 1. The molecule has 0 radical (unpaired) electrons. The van der Waals surface area contributed by atoms with Gasteiger partial charge in [0.1, 0.15) is 5.75 Å². The van der Waals surface area contributed by atoms with Gasteiger partial charge in [0.25, 0.3) is 0 Å². The molecule has 0 fully saturated rings. The van der Waals surface area contributed by atoms with E-state index < -0.39 is 0 Å². The summed E-state index contributed by atoms with van der Waals surface area (Å²) in [5.74, 6) is 0.871. The fourth-order valence-electron chi connectivity index (χ4n) is 3.75. The first kappa shape index (κ1) is 16.9. The molecule has 1 atom stereocenters. The molecule has 2 aromatic rings. The van der Waals surface area contributed by atoms with Crippen molar-refractivity contribution in [3.8, 4) is 5.75 Å². The van der Waals surface area contributed by atoms with Gasteiger partial charge in [0.05, 0.1) is 13.2 Å². The van der Waals surface area contributed by atoms with Crippen molar-refractivity contribution in [1.82, 2.24) is 10.6 Å². The van der Waals surface area contributed by atoms with E-state index in [-0.39, 0.29) is 6.04 Å². The van der Waals surface area contributed by atoms with E-state index in [0.717, 1.165) is 24.3 Å². The molecular formula is C21H23N3OS. The lowest BCUT2D eigenvalue weighted by Crippen LogP contribution is -2.44. The average Bonchev–Trinajstić information content (AvgIpc) is 2.66. The summed E-state index contributed by atoms with van der Waals surface area (Å²) in [6.45, 7) is 0. The molecule has 0 saturated carbocycles. The molecule has 4 rings (SSSR count). The van der Waals surface area contributed by atoms with E-state index in [2.05, 4.69) is 66.0 Å². The van der Waals surface area contributed by atoms with Gasteiger partial charge in [-0.25, -0.2) is 0 Å². The van der Waals surface area contributed by atoms with E-state index in [1.165, 1.54) is 28.0 Å². The van der Waals surface area contributed by atoms with Crippen molar-refractivity contribution in [1.29, 1.82) is 0 Å². The van der Waals surface area contributed by atoms with Crippen LogP contribution in [-0.2, 0) is 6.42 Å². The first-order chi connectivity index (χ1) is 12.6. The second-order valence-electron chi connectivity index (χ2n) is 6.94. The van der Waals surface area contributed by atoms with Crippen molar-refractivity contribution in [3.63, 3.8) is 0 Å². The number of anilines is 1. The van der Waals surface area contributed by atoms with Crippen molar-refractivity contribution < 1.29 is 4.74 Å². The molecule has 1 aliphatic heterocycles. The minimum Gasteiger partial charge on any atom is -0.497 e. The lowest BCUT2D eigenvalue weighted by molar-refractivity contribution is 0.414. The van der Waals surface area contributed by atoms with E-state index in [9.17, 15) is 0 Å². The third-order valence-corrected chi connectivity index (χ3v) is 5.40. The summed E-state index contributed by atoms with van der Waals surface area (Å²) in [6.07, 6.45) is 2.04. The molecular weight excluding hydrogens is 342 g/mol. The molecule has 0 unspecified atom stereocenters. The molecule has 134 valence electrons. The minimum absolute atomic E-state index is 0.106. The molecule has 1 aliphatic carbocycles. The van der Waals surface area contributed by atoms with Crippen LogP contribution in [0.25, 0.3) is 5.70 Å². The number of hydrogen-bond acceptors (Lipinski definition) is 3. The van der Waals surface area contributed by atoms with Crippen LogP contribution >= 0.6 is 12.2 Å². The molecule has 1 heterocycles. The van der Waals surface area contributed by atoms with Crippen LogP contribution in [-0.4, -0.2) is 26.3 Å². The van der Waals surface area contributed by atoms with Gasteiger partial charge in [-0.15, -0.1) is 0 Å². The number of nitrogens with one attached hydrogen (secondary N) is 2. The summed E-state index contributed by atoms with van der Waals surface area (Å²) >= 11 is 5.51. The molecule has 2 aromatic carbocycles. The molecule has 0 amide bonds. The summed E-state index contributed by atoms with van der Waals surface area (Å²) < 4.78 is 5.43. The highest BCUT2D eigenvalue weighted by Crippen LogP contribution is 2.40. The van der Waals surface area contributed by atoms with Gasteiger partial charge in [-0.3, -0.25) is 0 Å². The van der Waals surface area contributed by atoms with Crippen molar-refractivity contribution in [2.75, 3.05) is 26.1 Å². The van der Waals surface area contributed by atoms with Crippen LogP contribution in [0.4, 0.5) is 5.69 Å². The van der Waals surface area contributed by atoms with Gasteiger partial charge in [0.15, 0.2) is 5.11 Å². The van der Waals surface area contributed by atoms with Crippen LogP contribution in [0.5, 0.6) is 5.75 Å². The zero-order chi connectivity index (χ0) is 18.3. The maximum Gasteiger partial charge on any atom is 0.171 e. The van der Waals surface area contributed by atoms with Gasteiger partial charge < -0.3 is 20.3 Å². The van der Waals surface area contributed by atoms with E-state index in [4.69, 9.17) is 17.0 Å². The lowest BCUT2D eigenvalue weighted by Gasteiger charge is -2.36. The molecule has 0 aromatic heterocycles. The fraction of sp³-hybridized carbons (Fsp3) is 0.286. The predicted molar refractivity (Wildman–Crippen MR) is 111 cm³/mol. The van der Waals surface area contributed by atoms with Gasteiger partial charge in [-0.05, 0) is 66.0 Å². The Labute approximate surface area is 159 Å². The molecule has 2 N–H and O–H groups in total. The van der Waals surface area contributed by atoms with Gasteiger partial charge in [-0.1, -0.05) is 18.2 Å². The van der Waals surface area contributed by atoms with Crippen molar-refractivity contribution >= 4 is 28.7 Å². The Balaban J connectivity index is 1.78. The second-order valence-corrected chi connectivity index (χ2v) is 7.35. The van der Waals surface area contributed by atoms with Crippen LogP contribution < -0.4 is 20.3 Å². The zero-order valence-corrected chi connectivity index (χ0v) is 16.1. The van der Waals surface area contributed by atoms with E-state index in [1.807, 2.05) is 6.07 Å². The number of aryl methyl sites for hydroxylation is 1. The van der Waals surface area contributed by atoms with Crippen molar-refractivity contribution in [3.05, 3.63) is 64.7 Å². The summed E-state index contributed by atoms with van der Waals surface area (Å²) in [5, 5.41) is 7.52. The molecule has 4 nitrogen and oxygen atoms in total. The summed E-state index contributed by atoms with van der Waals surface area (Å²) in [4.78, 5) is 2.11. The largest absolute Gasteiger partial charge is 0.497 e.